The summed E-state index contributed by atoms with van der Waals surface area (Å²) in [6.45, 7) is 4.53. The Morgan fingerprint density at radius 2 is 1.73 bits per heavy atom. The Hall–Kier alpha value is -2.63. The summed E-state index contributed by atoms with van der Waals surface area (Å²) in [4.78, 5) is 2.40. The molecule has 7 heteroatoms. The number of ether oxygens (including phenoxy) is 3. The summed E-state index contributed by atoms with van der Waals surface area (Å²) >= 11 is 0. The van der Waals surface area contributed by atoms with E-state index in [2.05, 4.69) is 28.4 Å². The Balaban J connectivity index is 1.50. The second-order valence-corrected chi connectivity index (χ2v) is 7.20. The lowest BCUT2D eigenvalue weighted by atomic mass is 10.0. The lowest BCUT2D eigenvalue weighted by Crippen LogP contribution is -2.44. The molecule has 0 amide bonds. The van der Waals surface area contributed by atoms with Gasteiger partial charge in [-0.15, -0.1) is 0 Å². The van der Waals surface area contributed by atoms with Crippen LogP contribution in [0.2, 0.25) is 0 Å². The zero-order chi connectivity index (χ0) is 21.2. The largest absolute Gasteiger partial charge is 0.497 e. The van der Waals surface area contributed by atoms with Crippen molar-refractivity contribution in [2.75, 3.05) is 53.1 Å². The minimum absolute atomic E-state index is 0.184. The van der Waals surface area contributed by atoms with Gasteiger partial charge in [0.25, 0.3) is 0 Å². The molecule has 1 heterocycles. The summed E-state index contributed by atoms with van der Waals surface area (Å²) in [5, 5.41) is 22.5. The predicted molar refractivity (Wildman–Crippen MR) is 114 cm³/mol. The number of nitrogens with zero attached hydrogens (tertiary/aromatic N) is 2. The van der Waals surface area contributed by atoms with Crippen LogP contribution >= 0.6 is 0 Å². The molecule has 0 aromatic heterocycles. The Morgan fingerprint density at radius 1 is 1.07 bits per heavy atom. The summed E-state index contributed by atoms with van der Waals surface area (Å²) in [6.07, 6.45) is -0.637. The molecule has 2 atom stereocenters. The molecule has 0 unspecified atom stereocenters. The Kier molecular flexibility index (Phi) is 8.48. The van der Waals surface area contributed by atoms with E-state index in [1.807, 2.05) is 12.1 Å². The summed E-state index contributed by atoms with van der Waals surface area (Å²) in [6, 6.07) is 17.2. The van der Waals surface area contributed by atoms with E-state index in [0.717, 1.165) is 32.1 Å². The van der Waals surface area contributed by atoms with E-state index < -0.39 is 6.10 Å². The SMILES string of the molecule is COc1ccc([C@@H](CNC[C@@H](O)COc2ccc(C#N)cc2)N2CCOCC2)cc1. The van der Waals surface area contributed by atoms with Gasteiger partial charge in [0, 0.05) is 32.2 Å². The van der Waals surface area contributed by atoms with Crippen LogP contribution in [0.5, 0.6) is 11.5 Å². The molecular weight excluding hydrogens is 382 g/mol. The maximum atomic E-state index is 10.3. The van der Waals surface area contributed by atoms with Crippen molar-refractivity contribution in [3.63, 3.8) is 0 Å². The van der Waals surface area contributed by atoms with Gasteiger partial charge in [0.2, 0.25) is 0 Å². The molecule has 0 spiro atoms. The molecule has 30 heavy (non-hydrogen) atoms. The van der Waals surface area contributed by atoms with Gasteiger partial charge < -0.3 is 24.6 Å². The number of hydrogen-bond acceptors (Lipinski definition) is 7. The molecule has 7 nitrogen and oxygen atoms in total. The van der Waals surface area contributed by atoms with Crippen molar-refractivity contribution >= 4 is 0 Å². The number of hydrogen-bond donors (Lipinski definition) is 2. The minimum Gasteiger partial charge on any atom is -0.497 e. The quantitative estimate of drug-likeness (QED) is 0.618. The third-order valence-electron chi connectivity index (χ3n) is 5.13. The van der Waals surface area contributed by atoms with Gasteiger partial charge in [-0.1, -0.05) is 12.1 Å². The first kappa shape index (κ1) is 22.1. The third-order valence-corrected chi connectivity index (χ3v) is 5.13. The van der Waals surface area contributed by atoms with E-state index in [1.165, 1.54) is 5.56 Å². The van der Waals surface area contributed by atoms with Gasteiger partial charge in [-0.2, -0.15) is 5.26 Å². The molecule has 1 saturated heterocycles. The van der Waals surface area contributed by atoms with Crippen LogP contribution in [0, 0.1) is 11.3 Å². The number of benzene rings is 2. The van der Waals surface area contributed by atoms with Gasteiger partial charge in [-0.05, 0) is 42.0 Å². The van der Waals surface area contributed by atoms with E-state index in [-0.39, 0.29) is 12.6 Å². The average molecular weight is 412 g/mol. The first-order valence-electron chi connectivity index (χ1n) is 10.2. The molecule has 1 aliphatic heterocycles. The number of methoxy groups -OCH3 is 1. The molecule has 0 saturated carbocycles. The Bertz CT molecular complexity index is 799. The summed E-state index contributed by atoms with van der Waals surface area (Å²) in [5.41, 5.74) is 1.78. The Morgan fingerprint density at radius 3 is 2.37 bits per heavy atom. The first-order chi connectivity index (χ1) is 14.7. The number of rotatable bonds is 10. The molecule has 0 bridgehead atoms. The highest BCUT2D eigenvalue weighted by Crippen LogP contribution is 2.23. The van der Waals surface area contributed by atoms with Crippen molar-refractivity contribution in [2.24, 2.45) is 0 Å². The third kappa shape index (κ3) is 6.44. The van der Waals surface area contributed by atoms with Gasteiger partial charge in [-0.3, -0.25) is 4.90 Å². The highest BCUT2D eigenvalue weighted by atomic mass is 16.5. The van der Waals surface area contributed by atoms with Crippen molar-refractivity contribution < 1.29 is 19.3 Å². The van der Waals surface area contributed by atoms with Crippen LogP contribution < -0.4 is 14.8 Å². The molecule has 2 N–H and O–H groups in total. The molecule has 1 fully saturated rings. The molecule has 2 aromatic rings. The van der Waals surface area contributed by atoms with Crippen molar-refractivity contribution in [3.05, 3.63) is 59.7 Å². The minimum atomic E-state index is -0.637. The molecule has 1 aliphatic rings. The zero-order valence-electron chi connectivity index (χ0n) is 17.3. The van der Waals surface area contributed by atoms with E-state index in [9.17, 15) is 5.11 Å². The van der Waals surface area contributed by atoms with Crippen molar-refractivity contribution in [1.82, 2.24) is 10.2 Å². The van der Waals surface area contributed by atoms with Gasteiger partial charge in [-0.25, -0.2) is 0 Å². The number of aliphatic hydroxyl groups excluding tert-OH is 1. The molecule has 2 aromatic carbocycles. The van der Waals surface area contributed by atoms with Crippen LogP contribution in [-0.2, 0) is 4.74 Å². The zero-order valence-corrected chi connectivity index (χ0v) is 17.3. The fourth-order valence-electron chi connectivity index (χ4n) is 3.44. The van der Waals surface area contributed by atoms with E-state index >= 15 is 0 Å². The summed E-state index contributed by atoms with van der Waals surface area (Å²) < 4.78 is 16.4. The molecule has 0 aliphatic carbocycles. The smallest absolute Gasteiger partial charge is 0.119 e. The van der Waals surface area contributed by atoms with E-state index in [0.29, 0.717) is 24.4 Å². The maximum Gasteiger partial charge on any atom is 0.119 e. The molecular formula is C23H29N3O4. The van der Waals surface area contributed by atoms with Crippen LogP contribution in [0.15, 0.2) is 48.5 Å². The number of nitriles is 1. The van der Waals surface area contributed by atoms with Gasteiger partial charge in [0.1, 0.15) is 24.2 Å². The molecule has 160 valence electrons. The molecule has 3 rings (SSSR count). The van der Waals surface area contributed by atoms with Crippen molar-refractivity contribution in [2.45, 2.75) is 12.1 Å². The average Bonchev–Trinajstić information content (AvgIpc) is 2.81. The highest BCUT2D eigenvalue weighted by molar-refractivity contribution is 5.34. The van der Waals surface area contributed by atoms with E-state index in [4.69, 9.17) is 19.5 Å². The van der Waals surface area contributed by atoms with Gasteiger partial charge in [0.05, 0.1) is 32.0 Å². The summed E-state index contributed by atoms with van der Waals surface area (Å²) in [7, 11) is 1.66. The number of morpholine rings is 1. The van der Waals surface area contributed by atoms with Crippen LogP contribution in [0.3, 0.4) is 0 Å². The topological polar surface area (TPSA) is 87.0 Å². The van der Waals surface area contributed by atoms with Crippen LogP contribution in [0.4, 0.5) is 0 Å². The lowest BCUT2D eigenvalue weighted by molar-refractivity contribution is 0.0151. The maximum absolute atomic E-state index is 10.3. The fraction of sp³-hybridized carbons (Fsp3) is 0.435. The van der Waals surface area contributed by atoms with Crippen molar-refractivity contribution in [1.29, 1.82) is 5.26 Å². The van der Waals surface area contributed by atoms with Gasteiger partial charge >= 0.3 is 0 Å². The number of nitrogens with one attached hydrogen (secondary N) is 1. The highest BCUT2D eigenvalue weighted by Gasteiger charge is 2.22. The second kappa shape index (κ2) is 11.5. The second-order valence-electron chi connectivity index (χ2n) is 7.20. The predicted octanol–water partition coefficient (Wildman–Crippen LogP) is 1.97. The Labute approximate surface area is 177 Å². The molecule has 0 radical (unpaired) electrons. The monoisotopic (exact) mass is 411 g/mol. The van der Waals surface area contributed by atoms with E-state index in [1.54, 1.807) is 31.4 Å². The fourth-order valence-corrected chi connectivity index (χ4v) is 3.44. The van der Waals surface area contributed by atoms with Crippen LogP contribution in [0.25, 0.3) is 0 Å². The standard InChI is InChI=1S/C23H29N3O4/c1-28-21-8-4-19(5-9-21)23(26-10-12-29-13-11-26)16-25-15-20(27)17-30-22-6-2-18(14-24)3-7-22/h2-9,20,23,25,27H,10-13,15-17H2,1H3/t20-,23-/m1/s1. The normalized spacial score (nSPS) is 16.4. The summed E-state index contributed by atoms with van der Waals surface area (Å²) in [5.74, 6) is 1.47. The lowest BCUT2D eigenvalue weighted by Gasteiger charge is -2.35. The van der Waals surface area contributed by atoms with Crippen molar-refractivity contribution in [3.8, 4) is 17.6 Å². The van der Waals surface area contributed by atoms with Gasteiger partial charge in [0.15, 0.2) is 0 Å². The van der Waals surface area contributed by atoms with Crippen LogP contribution in [0.1, 0.15) is 17.2 Å². The number of aliphatic hydroxyl groups is 1. The van der Waals surface area contributed by atoms with Crippen LogP contribution in [-0.4, -0.2) is 69.2 Å². The first-order valence-corrected chi connectivity index (χ1v) is 10.2.